The highest BCUT2D eigenvalue weighted by atomic mass is 16.3. The van der Waals surface area contributed by atoms with E-state index in [0.717, 1.165) is 44.7 Å². The topological polar surface area (TPSA) is 74.5 Å². The Labute approximate surface area is 154 Å². The quantitative estimate of drug-likeness (QED) is 0.847. The number of hydrogen-bond donors (Lipinski definition) is 1. The van der Waals surface area contributed by atoms with Gasteiger partial charge in [0.05, 0.1) is 6.10 Å². The lowest BCUT2D eigenvalue weighted by molar-refractivity contribution is 0.0703. The maximum Gasteiger partial charge on any atom is 0.253 e. The molecule has 0 aliphatic carbocycles. The summed E-state index contributed by atoms with van der Waals surface area (Å²) in [6.07, 6.45) is 5.12. The first-order chi connectivity index (χ1) is 12.5. The molecular weight excluding hydrogens is 330 g/mol. The molecule has 1 saturated heterocycles. The summed E-state index contributed by atoms with van der Waals surface area (Å²) in [4.78, 5) is 16.8. The molecule has 7 heteroatoms. The van der Waals surface area contributed by atoms with Crippen LogP contribution in [0.4, 0.5) is 0 Å². The number of nitrogens with zero attached hydrogens (tertiary/aromatic N) is 5. The fourth-order valence-corrected chi connectivity index (χ4v) is 3.53. The summed E-state index contributed by atoms with van der Waals surface area (Å²) >= 11 is 0. The number of likely N-dealkylation sites (tertiary alicyclic amines) is 1. The largest absolute Gasteiger partial charge is 0.392 e. The van der Waals surface area contributed by atoms with Gasteiger partial charge in [0.1, 0.15) is 12.7 Å². The van der Waals surface area contributed by atoms with E-state index in [9.17, 15) is 9.90 Å². The summed E-state index contributed by atoms with van der Waals surface area (Å²) in [5.41, 5.74) is 1.62. The van der Waals surface area contributed by atoms with Crippen molar-refractivity contribution in [1.29, 1.82) is 0 Å². The van der Waals surface area contributed by atoms with Gasteiger partial charge in [-0.05, 0) is 63.0 Å². The monoisotopic (exact) mass is 357 g/mol. The van der Waals surface area contributed by atoms with E-state index >= 15 is 0 Å². The standard InChI is InChI=1S/C19H27N5O2/c1-15(25)11-23-9-7-16(8-10-23)12-22(2)19(26)17-3-5-18(6-4-17)24-13-20-21-14-24/h3-6,13-16,25H,7-12H2,1-2H3. The molecule has 1 fully saturated rings. The number of amides is 1. The third-order valence-corrected chi connectivity index (χ3v) is 4.94. The lowest BCUT2D eigenvalue weighted by atomic mass is 9.96. The second-order valence-corrected chi connectivity index (χ2v) is 7.19. The summed E-state index contributed by atoms with van der Waals surface area (Å²) in [5.74, 6) is 0.567. The van der Waals surface area contributed by atoms with Gasteiger partial charge in [0.15, 0.2) is 0 Å². The van der Waals surface area contributed by atoms with Crippen LogP contribution in [0.3, 0.4) is 0 Å². The molecule has 1 aliphatic heterocycles. The van der Waals surface area contributed by atoms with Gasteiger partial charge in [0, 0.05) is 31.4 Å². The molecule has 0 saturated carbocycles. The first-order valence-corrected chi connectivity index (χ1v) is 9.14. The number of carbonyl (C=O) groups excluding carboxylic acids is 1. The van der Waals surface area contributed by atoms with Crippen molar-refractivity contribution in [3.63, 3.8) is 0 Å². The van der Waals surface area contributed by atoms with Crippen molar-refractivity contribution in [3.05, 3.63) is 42.5 Å². The molecule has 0 radical (unpaired) electrons. The van der Waals surface area contributed by atoms with E-state index in [4.69, 9.17) is 0 Å². The fourth-order valence-electron chi connectivity index (χ4n) is 3.53. The first-order valence-electron chi connectivity index (χ1n) is 9.14. The molecule has 2 heterocycles. The number of aliphatic hydroxyl groups is 1. The van der Waals surface area contributed by atoms with Gasteiger partial charge in [-0.3, -0.25) is 9.36 Å². The van der Waals surface area contributed by atoms with Crippen LogP contribution in [0, 0.1) is 5.92 Å². The average Bonchev–Trinajstić information content (AvgIpc) is 3.17. The zero-order chi connectivity index (χ0) is 18.5. The second-order valence-electron chi connectivity index (χ2n) is 7.19. The van der Waals surface area contributed by atoms with Gasteiger partial charge in [0.25, 0.3) is 5.91 Å². The van der Waals surface area contributed by atoms with Crippen molar-refractivity contribution in [2.75, 3.05) is 33.2 Å². The summed E-state index contributed by atoms with van der Waals surface area (Å²) in [7, 11) is 1.87. The van der Waals surface area contributed by atoms with Crippen molar-refractivity contribution < 1.29 is 9.90 Å². The summed E-state index contributed by atoms with van der Waals surface area (Å²) in [6.45, 7) is 5.32. The number of β-amino-alcohol motifs (C(OH)–C–C–N with tert-alkyl or cyclic N) is 1. The lowest BCUT2D eigenvalue weighted by Gasteiger charge is -2.34. The van der Waals surface area contributed by atoms with E-state index in [2.05, 4.69) is 15.1 Å². The van der Waals surface area contributed by atoms with Crippen molar-refractivity contribution >= 4 is 5.91 Å². The molecule has 1 aliphatic rings. The molecule has 3 rings (SSSR count). The molecule has 1 aromatic carbocycles. The second kappa shape index (κ2) is 8.42. The third-order valence-electron chi connectivity index (χ3n) is 4.94. The summed E-state index contributed by atoms with van der Waals surface area (Å²) in [6, 6.07) is 7.50. The van der Waals surface area contributed by atoms with Crippen molar-refractivity contribution in [2.24, 2.45) is 5.92 Å². The zero-order valence-electron chi connectivity index (χ0n) is 15.5. The Morgan fingerprint density at radius 3 is 2.42 bits per heavy atom. The Balaban J connectivity index is 1.52. The van der Waals surface area contributed by atoms with Crippen LogP contribution in [0.1, 0.15) is 30.1 Å². The van der Waals surface area contributed by atoms with Crippen molar-refractivity contribution in [1.82, 2.24) is 24.6 Å². The lowest BCUT2D eigenvalue weighted by Crippen LogP contribution is -2.41. The van der Waals surface area contributed by atoms with E-state index < -0.39 is 0 Å². The van der Waals surface area contributed by atoms with Crippen molar-refractivity contribution in [3.8, 4) is 5.69 Å². The van der Waals surface area contributed by atoms with Gasteiger partial charge in [-0.25, -0.2) is 0 Å². The molecule has 1 amide bonds. The number of benzene rings is 1. The van der Waals surface area contributed by atoms with E-state index in [1.165, 1.54) is 0 Å². The molecule has 1 N–H and O–H groups in total. The molecular formula is C19H27N5O2. The van der Waals surface area contributed by atoms with Gasteiger partial charge in [-0.1, -0.05) is 0 Å². The minimum atomic E-state index is -0.281. The highest BCUT2D eigenvalue weighted by Crippen LogP contribution is 2.19. The van der Waals surface area contributed by atoms with Gasteiger partial charge in [0.2, 0.25) is 0 Å². The number of carbonyl (C=O) groups is 1. The predicted octanol–water partition coefficient (Wildman–Crippen LogP) is 1.43. The highest BCUT2D eigenvalue weighted by Gasteiger charge is 2.23. The predicted molar refractivity (Wildman–Crippen MR) is 99.2 cm³/mol. The molecule has 1 aromatic heterocycles. The third kappa shape index (κ3) is 4.68. The Bertz CT molecular complexity index is 691. The Morgan fingerprint density at radius 2 is 1.85 bits per heavy atom. The zero-order valence-corrected chi connectivity index (χ0v) is 15.5. The van der Waals surface area contributed by atoms with Crippen LogP contribution in [0.15, 0.2) is 36.9 Å². The number of hydrogen-bond acceptors (Lipinski definition) is 5. The Kier molecular flexibility index (Phi) is 6.00. The normalized spacial score (nSPS) is 17.2. The summed E-state index contributed by atoms with van der Waals surface area (Å²) in [5, 5.41) is 17.1. The van der Waals surface area contributed by atoms with Crippen LogP contribution in [0.25, 0.3) is 5.69 Å². The van der Waals surface area contributed by atoms with Gasteiger partial charge in [-0.2, -0.15) is 0 Å². The van der Waals surface area contributed by atoms with Crippen LogP contribution in [0.5, 0.6) is 0 Å². The number of piperidine rings is 1. The molecule has 140 valence electrons. The number of aliphatic hydroxyl groups excluding tert-OH is 1. The maximum absolute atomic E-state index is 12.7. The molecule has 7 nitrogen and oxygen atoms in total. The number of aromatic nitrogens is 3. The smallest absolute Gasteiger partial charge is 0.253 e. The molecule has 26 heavy (non-hydrogen) atoms. The molecule has 0 bridgehead atoms. The average molecular weight is 357 g/mol. The van der Waals surface area contributed by atoms with E-state index in [1.54, 1.807) is 17.2 Å². The number of rotatable bonds is 6. The van der Waals surface area contributed by atoms with Crippen LogP contribution in [-0.4, -0.2) is 74.9 Å². The highest BCUT2D eigenvalue weighted by molar-refractivity contribution is 5.94. The van der Waals surface area contributed by atoms with Crippen LogP contribution in [0.2, 0.25) is 0 Å². The molecule has 0 spiro atoms. The van der Waals surface area contributed by atoms with Crippen molar-refractivity contribution in [2.45, 2.75) is 25.9 Å². The fraction of sp³-hybridized carbons (Fsp3) is 0.526. The maximum atomic E-state index is 12.7. The molecule has 2 aromatic rings. The van der Waals surface area contributed by atoms with Gasteiger partial charge >= 0.3 is 0 Å². The molecule has 1 unspecified atom stereocenters. The molecule has 1 atom stereocenters. The van der Waals surface area contributed by atoms with Crippen LogP contribution in [-0.2, 0) is 0 Å². The van der Waals surface area contributed by atoms with Crippen LogP contribution >= 0.6 is 0 Å². The van der Waals surface area contributed by atoms with Gasteiger partial charge in [-0.15, -0.1) is 10.2 Å². The first kappa shape index (κ1) is 18.5. The Morgan fingerprint density at radius 1 is 1.23 bits per heavy atom. The summed E-state index contributed by atoms with van der Waals surface area (Å²) < 4.78 is 1.80. The van der Waals surface area contributed by atoms with E-state index in [-0.39, 0.29) is 12.0 Å². The van der Waals surface area contributed by atoms with Gasteiger partial charge < -0.3 is 14.9 Å². The Hall–Kier alpha value is -2.25. The minimum Gasteiger partial charge on any atom is -0.392 e. The SMILES string of the molecule is CC(O)CN1CCC(CN(C)C(=O)c2ccc(-n3cnnc3)cc2)CC1. The van der Waals surface area contributed by atoms with E-state index in [0.29, 0.717) is 11.5 Å². The van der Waals surface area contributed by atoms with Crippen LogP contribution < -0.4 is 0 Å². The minimum absolute atomic E-state index is 0.0479. The van der Waals surface area contributed by atoms with E-state index in [1.807, 2.05) is 43.1 Å².